The van der Waals surface area contributed by atoms with E-state index in [0.717, 1.165) is 0 Å². The Morgan fingerprint density at radius 3 is 2.25 bits per heavy atom. The summed E-state index contributed by atoms with van der Waals surface area (Å²) in [5, 5.41) is 8.94. The van der Waals surface area contributed by atoms with Gasteiger partial charge in [-0.1, -0.05) is 6.92 Å². The molecule has 1 saturated heterocycles. The molecule has 0 bridgehead atoms. The summed E-state index contributed by atoms with van der Waals surface area (Å²) in [6.45, 7) is 5.43. The minimum atomic E-state index is -3.03. The zero-order valence-corrected chi connectivity index (χ0v) is 8.30. The monoisotopic (exact) mass is 190 g/mol. The molecule has 2 rings (SSSR count). The Hall–Kier alpha value is -0.0900. The van der Waals surface area contributed by atoms with Crippen molar-refractivity contribution in [3.05, 3.63) is 0 Å². The minimum absolute atomic E-state index is 0.147. The molecular formula is C8H14O3S. The molecule has 0 unspecified atom stereocenters. The second-order valence-electron chi connectivity index (χ2n) is 4.49. The van der Waals surface area contributed by atoms with Crippen molar-refractivity contribution in [3.8, 4) is 0 Å². The lowest BCUT2D eigenvalue weighted by atomic mass is 9.64. The predicted molar refractivity (Wildman–Crippen MR) is 45.4 cm³/mol. The standard InChI is InChI=1S/C8H14O3S/c1-4-5-7(6(4)9)12(10,11)8(5,2)3/h4-7,9H,1-3H3/t4-,5-,6-,7+/m1/s1. The van der Waals surface area contributed by atoms with E-state index < -0.39 is 25.9 Å². The number of hydrogen-bond acceptors (Lipinski definition) is 3. The van der Waals surface area contributed by atoms with Gasteiger partial charge in [0.1, 0.15) is 0 Å². The Morgan fingerprint density at radius 1 is 1.33 bits per heavy atom. The van der Waals surface area contributed by atoms with Crippen molar-refractivity contribution in [2.24, 2.45) is 11.8 Å². The first-order valence-electron chi connectivity index (χ1n) is 4.23. The van der Waals surface area contributed by atoms with E-state index in [-0.39, 0.29) is 11.8 Å². The van der Waals surface area contributed by atoms with Gasteiger partial charge in [-0.15, -0.1) is 0 Å². The van der Waals surface area contributed by atoms with Crippen LogP contribution in [0.1, 0.15) is 20.8 Å². The Kier molecular flexibility index (Phi) is 1.33. The van der Waals surface area contributed by atoms with Crippen LogP contribution in [0.3, 0.4) is 0 Å². The lowest BCUT2D eigenvalue weighted by Gasteiger charge is -2.63. The molecule has 12 heavy (non-hydrogen) atoms. The first kappa shape index (κ1) is 8.51. The molecule has 1 N–H and O–H groups in total. The molecular weight excluding hydrogens is 176 g/mol. The first-order valence-corrected chi connectivity index (χ1v) is 5.78. The molecule has 2 fully saturated rings. The van der Waals surface area contributed by atoms with Crippen LogP contribution >= 0.6 is 0 Å². The molecule has 0 spiro atoms. The third kappa shape index (κ3) is 0.577. The maximum absolute atomic E-state index is 11.5. The zero-order valence-electron chi connectivity index (χ0n) is 7.48. The van der Waals surface area contributed by atoms with E-state index in [9.17, 15) is 13.5 Å². The third-order valence-corrected chi connectivity index (χ3v) is 6.72. The summed E-state index contributed by atoms with van der Waals surface area (Å²) in [6, 6.07) is 0. The van der Waals surface area contributed by atoms with Crippen molar-refractivity contribution in [1.29, 1.82) is 0 Å². The molecule has 4 atom stereocenters. The van der Waals surface area contributed by atoms with Crippen LogP contribution < -0.4 is 0 Å². The average molecular weight is 190 g/mol. The summed E-state index contributed by atoms with van der Waals surface area (Å²) in [7, 11) is -3.03. The van der Waals surface area contributed by atoms with Crippen molar-refractivity contribution in [2.75, 3.05) is 0 Å². The molecule has 2 aliphatic rings. The van der Waals surface area contributed by atoms with E-state index in [2.05, 4.69) is 0 Å². The van der Waals surface area contributed by atoms with E-state index in [4.69, 9.17) is 0 Å². The Bertz CT molecular complexity index is 317. The summed E-state index contributed by atoms with van der Waals surface area (Å²) < 4.78 is 22.5. The molecule has 3 nitrogen and oxygen atoms in total. The van der Waals surface area contributed by atoms with Gasteiger partial charge >= 0.3 is 0 Å². The van der Waals surface area contributed by atoms with Crippen LogP contribution in [-0.2, 0) is 9.84 Å². The molecule has 0 amide bonds. The maximum Gasteiger partial charge on any atom is 0.161 e. The van der Waals surface area contributed by atoms with Gasteiger partial charge < -0.3 is 5.11 Å². The van der Waals surface area contributed by atoms with Gasteiger partial charge in [0.2, 0.25) is 0 Å². The fraction of sp³-hybridized carbons (Fsp3) is 1.00. The maximum atomic E-state index is 11.5. The van der Waals surface area contributed by atoms with Crippen molar-refractivity contribution in [1.82, 2.24) is 0 Å². The fourth-order valence-electron chi connectivity index (χ4n) is 2.75. The van der Waals surface area contributed by atoms with Crippen LogP contribution in [0.2, 0.25) is 0 Å². The van der Waals surface area contributed by atoms with Crippen LogP contribution in [0.25, 0.3) is 0 Å². The Balaban J connectivity index is 2.38. The van der Waals surface area contributed by atoms with Crippen molar-refractivity contribution >= 4 is 9.84 Å². The number of rotatable bonds is 0. The topological polar surface area (TPSA) is 54.4 Å². The van der Waals surface area contributed by atoms with Gasteiger partial charge in [-0.05, 0) is 19.8 Å². The second-order valence-corrected chi connectivity index (χ2v) is 7.18. The van der Waals surface area contributed by atoms with Gasteiger partial charge in [-0.25, -0.2) is 8.42 Å². The summed E-state index contributed by atoms with van der Waals surface area (Å²) in [4.78, 5) is 0. The van der Waals surface area contributed by atoms with Crippen molar-refractivity contribution in [3.63, 3.8) is 0 Å². The highest BCUT2D eigenvalue weighted by Gasteiger charge is 2.73. The fourth-order valence-corrected chi connectivity index (χ4v) is 5.56. The van der Waals surface area contributed by atoms with Crippen LogP contribution in [0.15, 0.2) is 0 Å². The van der Waals surface area contributed by atoms with Gasteiger partial charge in [-0.3, -0.25) is 0 Å². The number of fused-ring (bicyclic) bond motifs is 1. The van der Waals surface area contributed by atoms with Crippen LogP contribution in [0.4, 0.5) is 0 Å². The van der Waals surface area contributed by atoms with Gasteiger partial charge in [-0.2, -0.15) is 0 Å². The van der Waals surface area contributed by atoms with Gasteiger partial charge in [0, 0.05) is 5.92 Å². The molecule has 1 aliphatic heterocycles. The summed E-state index contributed by atoms with van der Waals surface area (Å²) in [5.74, 6) is 0.325. The number of hydrogen-bond donors (Lipinski definition) is 1. The van der Waals surface area contributed by atoms with Crippen LogP contribution in [0, 0.1) is 11.8 Å². The average Bonchev–Trinajstić information content (AvgIpc) is 1.96. The van der Waals surface area contributed by atoms with E-state index >= 15 is 0 Å². The quantitative estimate of drug-likeness (QED) is 0.593. The zero-order chi connectivity index (χ0) is 9.31. The van der Waals surface area contributed by atoms with Gasteiger partial charge in [0.15, 0.2) is 9.84 Å². The molecule has 0 aromatic heterocycles. The lowest BCUT2D eigenvalue weighted by Crippen LogP contribution is -2.78. The number of sulfone groups is 1. The third-order valence-electron chi connectivity index (χ3n) is 3.69. The van der Waals surface area contributed by atoms with Gasteiger partial charge in [0.25, 0.3) is 0 Å². The lowest BCUT2D eigenvalue weighted by molar-refractivity contribution is -0.0531. The van der Waals surface area contributed by atoms with E-state index in [1.165, 1.54) is 0 Å². The first-order chi connectivity index (χ1) is 5.32. The normalized spacial score (nSPS) is 53.3. The molecule has 1 heterocycles. The van der Waals surface area contributed by atoms with Gasteiger partial charge in [0.05, 0.1) is 16.1 Å². The molecule has 0 aromatic rings. The molecule has 1 saturated carbocycles. The Morgan fingerprint density at radius 2 is 1.83 bits per heavy atom. The molecule has 4 heteroatoms. The predicted octanol–water partition coefficient (Wildman–Crippen LogP) is 0.189. The minimum Gasteiger partial charge on any atom is -0.391 e. The summed E-state index contributed by atoms with van der Waals surface area (Å²) in [5.41, 5.74) is 0. The highest BCUT2D eigenvalue weighted by atomic mass is 32.2. The van der Waals surface area contributed by atoms with E-state index in [1.807, 2.05) is 6.92 Å². The number of aliphatic hydroxyl groups is 1. The van der Waals surface area contributed by atoms with Crippen molar-refractivity contribution in [2.45, 2.75) is 36.9 Å². The molecule has 1 aliphatic carbocycles. The molecule has 0 aromatic carbocycles. The molecule has 0 radical (unpaired) electrons. The van der Waals surface area contributed by atoms with Crippen LogP contribution in [0.5, 0.6) is 0 Å². The Labute approximate surface area is 72.7 Å². The van der Waals surface area contributed by atoms with E-state index in [1.54, 1.807) is 13.8 Å². The highest BCUT2D eigenvalue weighted by molar-refractivity contribution is 7.95. The largest absolute Gasteiger partial charge is 0.391 e. The smallest absolute Gasteiger partial charge is 0.161 e. The highest BCUT2D eigenvalue weighted by Crippen LogP contribution is 2.59. The number of aliphatic hydroxyl groups excluding tert-OH is 1. The second kappa shape index (κ2) is 1.87. The summed E-state index contributed by atoms with van der Waals surface area (Å²) in [6.07, 6.45) is -0.618. The van der Waals surface area contributed by atoms with E-state index in [0.29, 0.717) is 0 Å². The SMILES string of the molecule is C[C@H]1[C@@H](O)[C@@H]2[C@@H]1C(C)(C)S2(=O)=O. The van der Waals surface area contributed by atoms with Crippen molar-refractivity contribution < 1.29 is 13.5 Å². The van der Waals surface area contributed by atoms with Crippen LogP contribution in [-0.4, -0.2) is 29.6 Å². The summed E-state index contributed by atoms with van der Waals surface area (Å²) >= 11 is 0. The molecule has 70 valence electrons.